The highest BCUT2D eigenvalue weighted by Crippen LogP contribution is 2.37. The molecular weight excluding hydrogens is 367 g/mol. The molecule has 4 nitrogen and oxygen atoms in total. The lowest BCUT2D eigenvalue weighted by Crippen LogP contribution is -2.59. The highest BCUT2D eigenvalue weighted by molar-refractivity contribution is 14.1. The molecule has 0 aromatic carbocycles. The van der Waals surface area contributed by atoms with Crippen LogP contribution in [0.15, 0.2) is 0 Å². The van der Waals surface area contributed by atoms with Crippen molar-refractivity contribution in [1.29, 1.82) is 0 Å². The molecule has 1 fully saturated rings. The predicted octanol–water partition coefficient (Wildman–Crippen LogP) is 3.26. The van der Waals surface area contributed by atoms with E-state index in [0.717, 1.165) is 0 Å². The second-order valence-corrected chi connectivity index (χ2v) is 9.47. The first kappa shape index (κ1) is 19.8. The Labute approximate surface area is 137 Å². The van der Waals surface area contributed by atoms with Crippen LogP contribution in [0.5, 0.6) is 0 Å². The molecule has 0 aliphatic carbocycles. The van der Waals surface area contributed by atoms with Gasteiger partial charge in [-0.1, -0.05) is 36.4 Å². The summed E-state index contributed by atoms with van der Waals surface area (Å²) in [7, 11) is 0. The summed E-state index contributed by atoms with van der Waals surface area (Å²) in [5.41, 5.74) is 5.09. The fraction of sp³-hybridized carbons (Fsp3) is 0.867. The van der Waals surface area contributed by atoms with E-state index in [1.54, 1.807) is 0 Å². The van der Waals surface area contributed by atoms with Gasteiger partial charge in [-0.2, -0.15) is 0 Å². The van der Waals surface area contributed by atoms with E-state index in [4.69, 9.17) is 5.73 Å². The van der Waals surface area contributed by atoms with E-state index in [-0.39, 0.29) is 15.2 Å². The molecule has 5 heteroatoms. The number of rotatable bonds is 3. The molecule has 1 aliphatic rings. The van der Waals surface area contributed by atoms with Crippen molar-refractivity contribution in [3.63, 3.8) is 0 Å². The van der Waals surface area contributed by atoms with Crippen LogP contribution in [0.3, 0.4) is 0 Å². The van der Waals surface area contributed by atoms with Crippen molar-refractivity contribution in [2.75, 3.05) is 0 Å². The smallest absolute Gasteiger partial charge is 0.231 e. The molecule has 118 valence electrons. The molecule has 0 aromatic rings. The van der Waals surface area contributed by atoms with E-state index in [1.807, 2.05) is 48.5 Å². The molecule has 0 spiro atoms. The van der Waals surface area contributed by atoms with Crippen LogP contribution in [0.25, 0.3) is 0 Å². The molecule has 0 saturated carbocycles. The standard InChI is InChI=1S/C13H23IN2O2.C2H6/c1-11(2,15)8-12(3,4)16-9(17)6-13(5,14)7-10(16)18;1-2/h6-8,15H2,1-5H3;1-2H3. The predicted molar refractivity (Wildman–Crippen MR) is 91.8 cm³/mol. The molecule has 0 unspecified atom stereocenters. The molecule has 1 aliphatic heterocycles. The lowest BCUT2D eigenvalue weighted by atomic mass is 9.84. The number of nitrogens with zero attached hydrogens (tertiary/aromatic N) is 1. The van der Waals surface area contributed by atoms with Crippen molar-refractivity contribution in [2.45, 2.75) is 82.2 Å². The number of hydrogen-bond donors (Lipinski definition) is 1. The minimum Gasteiger partial charge on any atom is -0.325 e. The van der Waals surface area contributed by atoms with Crippen molar-refractivity contribution in [3.8, 4) is 0 Å². The van der Waals surface area contributed by atoms with Crippen molar-refractivity contribution >= 4 is 34.4 Å². The average molecular weight is 396 g/mol. The third-order valence-corrected chi connectivity index (χ3v) is 3.79. The highest BCUT2D eigenvalue weighted by atomic mass is 127. The Hall–Kier alpha value is -0.170. The number of hydrogen-bond acceptors (Lipinski definition) is 3. The summed E-state index contributed by atoms with van der Waals surface area (Å²) >= 11 is 2.19. The second-order valence-electron chi connectivity index (χ2n) is 6.87. The minimum absolute atomic E-state index is 0.0857. The van der Waals surface area contributed by atoms with Gasteiger partial charge in [0.25, 0.3) is 0 Å². The van der Waals surface area contributed by atoms with Crippen LogP contribution >= 0.6 is 22.6 Å². The molecule has 20 heavy (non-hydrogen) atoms. The van der Waals surface area contributed by atoms with Crippen molar-refractivity contribution in [2.24, 2.45) is 5.73 Å². The van der Waals surface area contributed by atoms with Crippen LogP contribution in [0, 0.1) is 0 Å². The molecule has 2 N–H and O–H groups in total. The number of carbonyl (C=O) groups is 2. The summed E-state index contributed by atoms with van der Waals surface area (Å²) in [4.78, 5) is 25.8. The Bertz CT molecular complexity index is 351. The molecule has 0 radical (unpaired) electrons. The Morgan fingerprint density at radius 1 is 1.15 bits per heavy atom. The van der Waals surface area contributed by atoms with Gasteiger partial charge in [0, 0.05) is 27.3 Å². The van der Waals surface area contributed by atoms with Crippen LogP contribution in [-0.4, -0.2) is 31.2 Å². The number of likely N-dealkylation sites (tertiary alicyclic amines) is 1. The Morgan fingerprint density at radius 3 is 1.80 bits per heavy atom. The van der Waals surface area contributed by atoms with E-state index in [2.05, 4.69) is 22.6 Å². The molecule has 1 rings (SSSR count). The molecule has 0 aromatic heterocycles. The maximum atomic E-state index is 12.2. The van der Waals surface area contributed by atoms with Crippen molar-refractivity contribution in [3.05, 3.63) is 0 Å². The van der Waals surface area contributed by atoms with E-state index < -0.39 is 11.1 Å². The SMILES string of the molecule is CC.CC(C)(N)CC(C)(C)N1C(=O)CC(C)(I)CC1=O. The summed E-state index contributed by atoms with van der Waals surface area (Å²) in [5.74, 6) is -0.171. The fourth-order valence-electron chi connectivity index (χ4n) is 2.86. The zero-order chi connectivity index (χ0) is 16.4. The number of piperidine rings is 1. The number of amides is 2. The van der Waals surface area contributed by atoms with E-state index >= 15 is 0 Å². The highest BCUT2D eigenvalue weighted by Gasteiger charge is 2.45. The first-order valence-electron chi connectivity index (χ1n) is 7.18. The van der Waals surface area contributed by atoms with E-state index in [1.165, 1.54) is 4.90 Å². The van der Waals surface area contributed by atoms with Gasteiger partial charge in [0.15, 0.2) is 0 Å². The van der Waals surface area contributed by atoms with E-state index in [0.29, 0.717) is 19.3 Å². The quantitative estimate of drug-likeness (QED) is 0.453. The van der Waals surface area contributed by atoms with Crippen molar-refractivity contribution in [1.82, 2.24) is 4.90 Å². The van der Waals surface area contributed by atoms with Crippen LogP contribution in [0.1, 0.15) is 67.7 Å². The van der Waals surface area contributed by atoms with Gasteiger partial charge in [-0.15, -0.1) is 0 Å². The first-order chi connectivity index (χ1) is 8.84. The number of nitrogens with two attached hydrogens (primary N) is 1. The normalized spacial score (nSPS) is 19.6. The minimum atomic E-state index is -0.528. The molecule has 0 bridgehead atoms. The first-order valence-corrected chi connectivity index (χ1v) is 8.26. The van der Waals surface area contributed by atoms with Gasteiger partial charge >= 0.3 is 0 Å². The third-order valence-electron chi connectivity index (χ3n) is 3.03. The van der Waals surface area contributed by atoms with Crippen molar-refractivity contribution < 1.29 is 9.59 Å². The van der Waals surface area contributed by atoms with Gasteiger partial charge in [0.1, 0.15) is 0 Å². The topological polar surface area (TPSA) is 63.4 Å². The summed E-state index contributed by atoms with van der Waals surface area (Å²) in [6.07, 6.45) is 1.41. The van der Waals surface area contributed by atoms with Crippen LogP contribution in [-0.2, 0) is 9.59 Å². The van der Waals surface area contributed by atoms with Crippen LogP contribution in [0.2, 0.25) is 0 Å². The maximum absolute atomic E-state index is 12.2. The lowest BCUT2D eigenvalue weighted by molar-refractivity contribution is -0.155. The number of alkyl halides is 1. The molecular formula is C15H29IN2O2. The third kappa shape index (κ3) is 5.68. The second kappa shape index (κ2) is 6.73. The average Bonchev–Trinajstić information content (AvgIpc) is 2.11. The van der Waals surface area contributed by atoms with Gasteiger partial charge in [0.2, 0.25) is 11.8 Å². The monoisotopic (exact) mass is 396 g/mol. The van der Waals surface area contributed by atoms with Gasteiger partial charge < -0.3 is 5.73 Å². The Kier molecular flexibility index (Phi) is 6.67. The van der Waals surface area contributed by atoms with Gasteiger partial charge in [-0.25, -0.2) is 0 Å². The molecule has 1 heterocycles. The fourth-order valence-corrected chi connectivity index (χ4v) is 3.51. The van der Waals surface area contributed by atoms with E-state index in [9.17, 15) is 9.59 Å². The zero-order valence-electron chi connectivity index (χ0n) is 13.8. The zero-order valence-corrected chi connectivity index (χ0v) is 16.0. The maximum Gasteiger partial charge on any atom is 0.231 e. The Balaban J connectivity index is 0.00000172. The summed E-state index contributed by atoms with van der Waals surface area (Å²) in [5, 5.41) is 0. The van der Waals surface area contributed by atoms with Crippen LogP contribution < -0.4 is 5.73 Å². The molecule has 0 atom stereocenters. The van der Waals surface area contributed by atoms with Gasteiger partial charge in [-0.05, 0) is 41.0 Å². The number of halogens is 1. The number of imide groups is 1. The largest absolute Gasteiger partial charge is 0.325 e. The van der Waals surface area contributed by atoms with Crippen LogP contribution in [0.4, 0.5) is 0 Å². The van der Waals surface area contributed by atoms with Gasteiger partial charge in [-0.3, -0.25) is 14.5 Å². The summed E-state index contributed by atoms with van der Waals surface area (Å²) in [6, 6.07) is 0. The molecule has 2 amide bonds. The number of carbonyl (C=O) groups excluding carboxylic acids is 2. The van der Waals surface area contributed by atoms with Gasteiger partial charge in [0.05, 0.1) is 0 Å². The molecule has 1 saturated heterocycles. The summed E-state index contributed by atoms with van der Waals surface area (Å²) < 4.78 is -0.253. The lowest BCUT2D eigenvalue weighted by Gasteiger charge is -2.45. The summed E-state index contributed by atoms with van der Waals surface area (Å²) in [6.45, 7) is 13.6. The Morgan fingerprint density at radius 2 is 1.50 bits per heavy atom.